The van der Waals surface area contributed by atoms with Crippen LogP contribution in [-0.2, 0) is 4.79 Å². The smallest absolute Gasteiger partial charge is 0.329 e. The molecule has 0 aromatic carbocycles. The van der Waals surface area contributed by atoms with Gasteiger partial charge in [0.25, 0.3) is 0 Å². The first kappa shape index (κ1) is 15.4. The van der Waals surface area contributed by atoms with Crippen LogP contribution < -0.4 is 11.1 Å². The van der Waals surface area contributed by atoms with Crippen LogP contribution in [0.1, 0.15) is 32.1 Å². The molecule has 1 amide bonds. The Morgan fingerprint density at radius 1 is 1.39 bits per heavy atom. The fourth-order valence-corrected chi connectivity index (χ4v) is 3.29. The van der Waals surface area contributed by atoms with Gasteiger partial charge in [-0.05, 0) is 19.3 Å². The number of amides is 1. The largest absolute Gasteiger partial charge is 0.378 e. The highest BCUT2D eigenvalue weighted by Crippen LogP contribution is 2.28. The van der Waals surface area contributed by atoms with Crippen LogP contribution in [0.4, 0.5) is 17.5 Å². The molecule has 1 atom stereocenters. The molecule has 1 aromatic rings. The van der Waals surface area contributed by atoms with Crippen LogP contribution in [0, 0.1) is 16.0 Å². The fraction of sp³-hybridized carbons (Fsp3) is 0.643. The quantitative estimate of drug-likeness (QED) is 0.629. The molecule has 2 fully saturated rings. The molecule has 1 aliphatic carbocycles. The number of anilines is 2. The Bertz CT molecular complexity index is 617. The zero-order valence-corrected chi connectivity index (χ0v) is 12.8. The van der Waals surface area contributed by atoms with Gasteiger partial charge in [0.1, 0.15) is 6.20 Å². The van der Waals surface area contributed by atoms with Crippen molar-refractivity contribution in [2.24, 2.45) is 5.92 Å². The first-order valence-electron chi connectivity index (χ1n) is 7.87. The van der Waals surface area contributed by atoms with E-state index in [2.05, 4.69) is 15.3 Å². The average molecular weight is 320 g/mol. The molecule has 2 aliphatic rings. The number of nitrogens with zero attached hydrogens (tertiary/aromatic N) is 4. The molecule has 2 heterocycles. The molecule has 1 aliphatic heterocycles. The zero-order valence-electron chi connectivity index (χ0n) is 12.8. The summed E-state index contributed by atoms with van der Waals surface area (Å²) in [6.07, 6.45) is 6.17. The van der Waals surface area contributed by atoms with Crippen molar-refractivity contribution < 1.29 is 9.72 Å². The molecule has 1 unspecified atom stereocenters. The monoisotopic (exact) mass is 320 g/mol. The number of likely N-dealkylation sites (tertiary alicyclic amines) is 1. The van der Waals surface area contributed by atoms with E-state index < -0.39 is 4.92 Å². The fourth-order valence-electron chi connectivity index (χ4n) is 3.29. The van der Waals surface area contributed by atoms with E-state index in [1.807, 2.05) is 4.90 Å². The van der Waals surface area contributed by atoms with Gasteiger partial charge in [-0.25, -0.2) is 4.98 Å². The summed E-state index contributed by atoms with van der Waals surface area (Å²) in [6, 6.07) is 0.0428. The van der Waals surface area contributed by atoms with Crippen LogP contribution >= 0.6 is 0 Å². The molecule has 0 bridgehead atoms. The summed E-state index contributed by atoms with van der Waals surface area (Å²) >= 11 is 0. The van der Waals surface area contributed by atoms with Gasteiger partial charge in [0, 0.05) is 25.0 Å². The van der Waals surface area contributed by atoms with Crippen LogP contribution in [0.2, 0.25) is 0 Å². The maximum atomic E-state index is 12.4. The Hall–Kier alpha value is -2.45. The third-order valence-corrected chi connectivity index (χ3v) is 4.53. The molecule has 23 heavy (non-hydrogen) atoms. The Balaban J connectivity index is 1.58. The number of nitrogen functional groups attached to an aromatic ring is 1. The van der Waals surface area contributed by atoms with E-state index in [4.69, 9.17) is 5.73 Å². The third-order valence-electron chi connectivity index (χ3n) is 4.53. The predicted molar refractivity (Wildman–Crippen MR) is 83.7 cm³/mol. The number of carbonyl (C=O) groups is 1. The lowest BCUT2D eigenvalue weighted by Crippen LogP contribution is -2.35. The van der Waals surface area contributed by atoms with E-state index in [0.717, 1.165) is 44.8 Å². The van der Waals surface area contributed by atoms with Crippen molar-refractivity contribution in [1.82, 2.24) is 14.9 Å². The molecule has 3 rings (SSSR count). The molecule has 3 N–H and O–H groups in total. The highest BCUT2D eigenvalue weighted by Gasteiger charge is 2.32. The molecule has 9 nitrogen and oxygen atoms in total. The average Bonchev–Trinajstić information content (AvgIpc) is 3.17. The molecule has 0 spiro atoms. The molecule has 1 saturated carbocycles. The highest BCUT2D eigenvalue weighted by molar-refractivity contribution is 5.79. The van der Waals surface area contributed by atoms with Crippen molar-refractivity contribution in [1.29, 1.82) is 0 Å². The lowest BCUT2D eigenvalue weighted by molar-refractivity contribution is -0.384. The van der Waals surface area contributed by atoms with Crippen LogP contribution in [0.25, 0.3) is 0 Å². The molecular formula is C14H20N6O3. The van der Waals surface area contributed by atoms with Gasteiger partial charge in [-0.3, -0.25) is 14.9 Å². The first-order chi connectivity index (χ1) is 11.0. The second kappa shape index (κ2) is 6.35. The van der Waals surface area contributed by atoms with E-state index in [1.54, 1.807) is 0 Å². The van der Waals surface area contributed by atoms with E-state index in [9.17, 15) is 14.9 Å². The zero-order chi connectivity index (χ0) is 16.4. The van der Waals surface area contributed by atoms with Gasteiger partial charge in [0.05, 0.1) is 4.92 Å². The van der Waals surface area contributed by atoms with Crippen molar-refractivity contribution in [3.8, 4) is 0 Å². The highest BCUT2D eigenvalue weighted by atomic mass is 16.6. The SMILES string of the molecule is Nc1nc(NC2CCN(C(=O)C3CCCC3)C2)ncc1[N+](=O)[O-]. The van der Waals surface area contributed by atoms with Gasteiger partial charge in [-0.1, -0.05) is 12.8 Å². The minimum Gasteiger partial charge on any atom is -0.378 e. The summed E-state index contributed by atoms with van der Waals surface area (Å²) in [7, 11) is 0. The van der Waals surface area contributed by atoms with Crippen molar-refractivity contribution in [3.63, 3.8) is 0 Å². The second-order valence-electron chi connectivity index (χ2n) is 6.12. The van der Waals surface area contributed by atoms with Crippen LogP contribution in [-0.4, -0.2) is 44.8 Å². The van der Waals surface area contributed by atoms with Crippen molar-refractivity contribution in [2.45, 2.75) is 38.1 Å². The first-order valence-corrected chi connectivity index (χ1v) is 7.87. The van der Waals surface area contributed by atoms with Gasteiger partial charge in [-0.2, -0.15) is 4.98 Å². The van der Waals surface area contributed by atoms with Gasteiger partial charge < -0.3 is 16.0 Å². The maximum absolute atomic E-state index is 12.4. The number of nitrogens with two attached hydrogens (primary N) is 1. The van der Waals surface area contributed by atoms with Gasteiger partial charge in [0.2, 0.25) is 17.7 Å². The molecule has 9 heteroatoms. The van der Waals surface area contributed by atoms with E-state index >= 15 is 0 Å². The normalized spacial score (nSPS) is 21.6. The number of aromatic nitrogens is 2. The Kier molecular flexibility index (Phi) is 4.26. The summed E-state index contributed by atoms with van der Waals surface area (Å²) in [5, 5.41) is 13.8. The van der Waals surface area contributed by atoms with Gasteiger partial charge >= 0.3 is 5.69 Å². The topological polar surface area (TPSA) is 127 Å². The van der Waals surface area contributed by atoms with Crippen LogP contribution in [0.15, 0.2) is 6.20 Å². The molecule has 1 saturated heterocycles. The third kappa shape index (κ3) is 3.33. The minimum atomic E-state index is -0.614. The number of nitro groups is 1. The summed E-state index contributed by atoms with van der Waals surface area (Å²) < 4.78 is 0. The number of rotatable bonds is 4. The lowest BCUT2D eigenvalue weighted by atomic mass is 10.1. The van der Waals surface area contributed by atoms with Crippen LogP contribution in [0.5, 0.6) is 0 Å². The van der Waals surface area contributed by atoms with E-state index in [0.29, 0.717) is 6.54 Å². The van der Waals surface area contributed by atoms with Crippen molar-refractivity contribution >= 4 is 23.4 Å². The summed E-state index contributed by atoms with van der Waals surface area (Å²) in [6.45, 7) is 1.32. The van der Waals surface area contributed by atoms with Gasteiger partial charge in [-0.15, -0.1) is 0 Å². The standard InChI is InChI=1S/C14H20N6O3/c15-12-11(20(22)23)7-16-14(18-12)17-10-5-6-19(8-10)13(21)9-3-1-2-4-9/h7,9-10H,1-6,8H2,(H3,15,16,17,18). The molecule has 1 aromatic heterocycles. The summed E-state index contributed by atoms with van der Waals surface area (Å²) in [5.74, 6) is 0.522. The number of hydrogen-bond acceptors (Lipinski definition) is 7. The van der Waals surface area contributed by atoms with E-state index in [1.165, 1.54) is 0 Å². The second-order valence-corrected chi connectivity index (χ2v) is 6.12. The number of carbonyl (C=O) groups excluding carboxylic acids is 1. The Morgan fingerprint density at radius 3 is 2.78 bits per heavy atom. The summed E-state index contributed by atoms with van der Waals surface area (Å²) in [4.78, 5) is 32.2. The Labute approximate surface area is 133 Å². The lowest BCUT2D eigenvalue weighted by Gasteiger charge is -2.20. The number of nitrogens with one attached hydrogen (secondary N) is 1. The minimum absolute atomic E-state index is 0.0428. The van der Waals surface area contributed by atoms with E-state index in [-0.39, 0.29) is 35.3 Å². The van der Waals surface area contributed by atoms with Crippen LogP contribution in [0.3, 0.4) is 0 Å². The molecule has 124 valence electrons. The predicted octanol–water partition coefficient (Wildman–Crippen LogP) is 1.17. The molecule has 0 radical (unpaired) electrons. The van der Waals surface area contributed by atoms with Crippen molar-refractivity contribution in [3.05, 3.63) is 16.3 Å². The molecular weight excluding hydrogens is 300 g/mol. The van der Waals surface area contributed by atoms with Gasteiger partial charge in [0.15, 0.2) is 0 Å². The summed E-state index contributed by atoms with van der Waals surface area (Å²) in [5.41, 5.74) is 5.25. The Morgan fingerprint density at radius 2 is 2.13 bits per heavy atom. The van der Waals surface area contributed by atoms with Crippen molar-refractivity contribution in [2.75, 3.05) is 24.1 Å². The maximum Gasteiger partial charge on any atom is 0.329 e. The number of hydrogen-bond donors (Lipinski definition) is 2.